The van der Waals surface area contributed by atoms with E-state index in [1.165, 1.54) is 11.8 Å². The lowest BCUT2D eigenvalue weighted by Gasteiger charge is -2.22. The Morgan fingerprint density at radius 3 is 2.44 bits per heavy atom. The monoisotopic (exact) mass is 355 g/mol. The van der Waals surface area contributed by atoms with Gasteiger partial charge >= 0.3 is 0 Å². The summed E-state index contributed by atoms with van der Waals surface area (Å²) in [4.78, 5) is 6.69. The maximum Gasteiger partial charge on any atom is 0.177 e. The molecule has 0 atom stereocenters. The lowest BCUT2D eigenvalue weighted by atomic mass is 10.2. The van der Waals surface area contributed by atoms with E-state index < -0.39 is 9.84 Å². The molecule has 0 bridgehead atoms. The van der Waals surface area contributed by atoms with Gasteiger partial charge in [0.1, 0.15) is 5.82 Å². The Hall–Kier alpha value is -2.60. The summed E-state index contributed by atoms with van der Waals surface area (Å²) < 4.78 is 26.1. The highest BCUT2D eigenvalue weighted by atomic mass is 32.2. The van der Waals surface area contributed by atoms with Crippen LogP contribution in [0.3, 0.4) is 0 Å². The third-order valence-corrected chi connectivity index (χ3v) is 5.20. The van der Waals surface area contributed by atoms with Gasteiger partial charge in [-0.25, -0.2) is 13.4 Å². The molecule has 1 heterocycles. The second-order valence-electron chi connectivity index (χ2n) is 6.05. The van der Waals surface area contributed by atoms with Gasteiger partial charge in [0.25, 0.3) is 0 Å². The summed E-state index contributed by atoms with van der Waals surface area (Å²) in [6.07, 6.45) is 4.95. The van der Waals surface area contributed by atoms with Crippen LogP contribution in [0.5, 0.6) is 0 Å². The number of nitrogens with zero attached hydrogens (tertiary/aromatic N) is 3. The quantitative estimate of drug-likeness (QED) is 0.682. The van der Waals surface area contributed by atoms with Crippen LogP contribution in [0.4, 0.5) is 5.69 Å². The topological polar surface area (TPSA) is 55.2 Å². The number of para-hydroxylation sites is 1. The van der Waals surface area contributed by atoms with E-state index in [4.69, 9.17) is 0 Å². The van der Waals surface area contributed by atoms with Crippen LogP contribution in [0.2, 0.25) is 0 Å². The zero-order valence-electron chi connectivity index (χ0n) is 14.3. The molecule has 25 heavy (non-hydrogen) atoms. The van der Waals surface area contributed by atoms with E-state index in [-0.39, 0.29) is 0 Å². The highest BCUT2D eigenvalue weighted by Gasteiger charge is 2.17. The van der Waals surface area contributed by atoms with E-state index in [2.05, 4.69) is 21.7 Å². The number of hydrogen-bond acceptors (Lipinski definition) is 4. The van der Waals surface area contributed by atoms with Gasteiger partial charge < -0.3 is 9.47 Å². The van der Waals surface area contributed by atoms with Gasteiger partial charge in [0.15, 0.2) is 9.84 Å². The fraction of sp³-hybridized carbons (Fsp3) is 0.211. The fourth-order valence-electron chi connectivity index (χ4n) is 2.80. The molecule has 0 aliphatic heterocycles. The standard InChI is InChI=1S/C19H21N3O2S/c1-21(17-10-6-7-11-18(17)25(2,23)24)15-19-20-12-13-22(19)14-16-8-4-3-5-9-16/h3-13H,14-15H2,1-2H3. The predicted octanol–water partition coefficient (Wildman–Crippen LogP) is 2.97. The van der Waals surface area contributed by atoms with Crippen molar-refractivity contribution in [3.63, 3.8) is 0 Å². The lowest BCUT2D eigenvalue weighted by molar-refractivity contribution is 0.601. The van der Waals surface area contributed by atoms with Crippen LogP contribution in [0, 0.1) is 0 Å². The third kappa shape index (κ3) is 4.09. The Bertz CT molecular complexity index is 950. The van der Waals surface area contributed by atoms with Crippen LogP contribution in [0.25, 0.3) is 0 Å². The molecular weight excluding hydrogens is 334 g/mol. The average molecular weight is 355 g/mol. The molecule has 5 nitrogen and oxygen atoms in total. The fourth-order valence-corrected chi connectivity index (χ4v) is 3.73. The van der Waals surface area contributed by atoms with E-state index in [1.807, 2.05) is 48.5 Å². The van der Waals surface area contributed by atoms with Gasteiger partial charge in [0.05, 0.1) is 17.1 Å². The van der Waals surface area contributed by atoms with Crippen molar-refractivity contribution in [1.29, 1.82) is 0 Å². The molecular formula is C19H21N3O2S. The van der Waals surface area contributed by atoms with Crippen LogP contribution in [0.15, 0.2) is 71.9 Å². The number of anilines is 1. The zero-order valence-corrected chi connectivity index (χ0v) is 15.1. The van der Waals surface area contributed by atoms with Crippen LogP contribution < -0.4 is 4.90 Å². The molecule has 6 heteroatoms. The number of rotatable bonds is 6. The molecule has 3 rings (SSSR count). The Morgan fingerprint density at radius 2 is 1.72 bits per heavy atom. The molecule has 0 spiro atoms. The van der Waals surface area contributed by atoms with Gasteiger partial charge in [-0.3, -0.25) is 0 Å². The van der Waals surface area contributed by atoms with Crippen molar-refractivity contribution < 1.29 is 8.42 Å². The van der Waals surface area contributed by atoms with Crippen LogP contribution in [-0.2, 0) is 22.9 Å². The van der Waals surface area contributed by atoms with E-state index in [0.717, 1.165) is 12.4 Å². The van der Waals surface area contributed by atoms with Crippen molar-refractivity contribution in [2.24, 2.45) is 0 Å². The summed E-state index contributed by atoms with van der Waals surface area (Å²) in [7, 11) is -1.40. The summed E-state index contributed by atoms with van der Waals surface area (Å²) in [5, 5.41) is 0. The maximum absolute atomic E-state index is 12.0. The zero-order chi connectivity index (χ0) is 17.9. The molecule has 0 unspecified atom stereocenters. The van der Waals surface area contributed by atoms with Crippen molar-refractivity contribution in [2.45, 2.75) is 18.0 Å². The minimum Gasteiger partial charge on any atom is -0.366 e. The van der Waals surface area contributed by atoms with Crippen molar-refractivity contribution in [2.75, 3.05) is 18.2 Å². The minimum absolute atomic E-state index is 0.332. The highest BCUT2D eigenvalue weighted by Crippen LogP contribution is 2.25. The molecule has 0 fully saturated rings. The SMILES string of the molecule is CN(Cc1nccn1Cc1ccccc1)c1ccccc1S(C)(=O)=O. The second-order valence-corrected chi connectivity index (χ2v) is 8.04. The molecule has 0 aliphatic carbocycles. The Kier molecular flexibility index (Phi) is 4.90. The summed E-state index contributed by atoms with van der Waals surface area (Å²) in [5.41, 5.74) is 1.88. The predicted molar refractivity (Wildman–Crippen MR) is 99.4 cm³/mol. The molecule has 0 aliphatic rings. The summed E-state index contributed by atoms with van der Waals surface area (Å²) in [6, 6.07) is 17.2. The van der Waals surface area contributed by atoms with E-state index in [1.54, 1.807) is 18.3 Å². The largest absolute Gasteiger partial charge is 0.366 e. The number of sulfone groups is 1. The van der Waals surface area contributed by atoms with E-state index >= 15 is 0 Å². The molecule has 0 N–H and O–H groups in total. The summed E-state index contributed by atoms with van der Waals surface area (Å²) in [6.45, 7) is 1.25. The maximum atomic E-state index is 12.0. The van der Waals surface area contributed by atoms with Crippen LogP contribution in [-0.4, -0.2) is 31.3 Å². The molecule has 3 aromatic rings. The molecule has 130 valence electrons. The summed E-state index contributed by atoms with van der Waals surface area (Å²) >= 11 is 0. The third-order valence-electron chi connectivity index (χ3n) is 4.05. The van der Waals surface area contributed by atoms with Gasteiger partial charge in [0, 0.05) is 32.2 Å². The molecule has 0 amide bonds. The van der Waals surface area contributed by atoms with E-state index in [9.17, 15) is 8.42 Å². The molecule has 1 aromatic heterocycles. The van der Waals surface area contributed by atoms with Gasteiger partial charge in [-0.2, -0.15) is 0 Å². The first-order valence-electron chi connectivity index (χ1n) is 7.99. The van der Waals surface area contributed by atoms with Gasteiger partial charge in [-0.1, -0.05) is 42.5 Å². The number of hydrogen-bond donors (Lipinski definition) is 0. The van der Waals surface area contributed by atoms with E-state index in [0.29, 0.717) is 17.1 Å². The molecule has 0 saturated carbocycles. The first kappa shape index (κ1) is 17.2. The van der Waals surface area contributed by atoms with Crippen LogP contribution >= 0.6 is 0 Å². The van der Waals surface area contributed by atoms with Crippen molar-refractivity contribution in [3.05, 3.63) is 78.4 Å². The number of benzene rings is 2. The Morgan fingerprint density at radius 1 is 1.04 bits per heavy atom. The van der Waals surface area contributed by atoms with Crippen LogP contribution in [0.1, 0.15) is 11.4 Å². The Labute approximate surface area is 148 Å². The van der Waals surface area contributed by atoms with Gasteiger partial charge in [-0.15, -0.1) is 0 Å². The normalized spacial score (nSPS) is 11.4. The first-order valence-corrected chi connectivity index (χ1v) is 9.88. The van der Waals surface area contributed by atoms with Gasteiger partial charge in [0.2, 0.25) is 0 Å². The lowest BCUT2D eigenvalue weighted by Crippen LogP contribution is -2.21. The average Bonchev–Trinajstić information content (AvgIpc) is 3.02. The van der Waals surface area contributed by atoms with Crippen molar-refractivity contribution >= 4 is 15.5 Å². The number of imidazole rings is 1. The van der Waals surface area contributed by atoms with Gasteiger partial charge in [-0.05, 0) is 17.7 Å². The smallest absolute Gasteiger partial charge is 0.177 e. The molecule has 0 saturated heterocycles. The summed E-state index contributed by atoms with van der Waals surface area (Å²) in [5.74, 6) is 0.884. The Balaban J connectivity index is 1.84. The molecule has 0 radical (unpaired) electrons. The first-order chi connectivity index (χ1) is 11.9. The highest BCUT2D eigenvalue weighted by molar-refractivity contribution is 7.90. The van der Waals surface area contributed by atoms with Crippen molar-refractivity contribution in [3.8, 4) is 0 Å². The minimum atomic E-state index is -3.28. The second kappa shape index (κ2) is 7.11. The number of aromatic nitrogens is 2. The van der Waals surface area contributed by atoms with Crippen molar-refractivity contribution in [1.82, 2.24) is 9.55 Å². The molecule has 2 aromatic carbocycles.